The number of anilines is 3. The van der Waals surface area contributed by atoms with Crippen LogP contribution in [0.3, 0.4) is 0 Å². The van der Waals surface area contributed by atoms with Crippen LogP contribution < -0.4 is 4.90 Å². The number of rotatable bonds is 7. The fourth-order valence-corrected chi connectivity index (χ4v) is 10.1. The summed E-state index contributed by atoms with van der Waals surface area (Å²) in [5.41, 5.74) is 17.8. The van der Waals surface area contributed by atoms with Crippen molar-refractivity contribution in [3.05, 3.63) is 237 Å². The van der Waals surface area contributed by atoms with Gasteiger partial charge in [-0.25, -0.2) is 0 Å². The molecule has 10 aromatic carbocycles. The van der Waals surface area contributed by atoms with Crippen molar-refractivity contribution in [2.45, 2.75) is 0 Å². The summed E-state index contributed by atoms with van der Waals surface area (Å²) in [5.74, 6) is 0. The smallest absolute Gasteiger partial charge is 0.0620 e. The number of nitrogens with zero attached hydrogens (tertiary/aromatic N) is 3. The summed E-state index contributed by atoms with van der Waals surface area (Å²) in [6, 6.07) is 86.3. The monoisotopic (exact) mass is 801 g/mol. The molecule has 0 aliphatic carbocycles. The van der Waals surface area contributed by atoms with Crippen LogP contribution in [-0.4, -0.2) is 8.97 Å². The van der Waals surface area contributed by atoms with Crippen molar-refractivity contribution < 1.29 is 0 Å². The Morgan fingerprint density at radius 1 is 0.254 bits per heavy atom. The highest BCUT2D eigenvalue weighted by atomic mass is 15.1. The summed E-state index contributed by atoms with van der Waals surface area (Å²) in [6.45, 7) is 0. The summed E-state index contributed by atoms with van der Waals surface area (Å²) in [7, 11) is 0. The van der Waals surface area contributed by atoms with Crippen LogP contribution in [0.1, 0.15) is 0 Å². The number of hydrogen-bond acceptors (Lipinski definition) is 1. The fraction of sp³-hybridized carbons (Fsp3) is 0. The van der Waals surface area contributed by atoms with Gasteiger partial charge in [0.15, 0.2) is 0 Å². The highest BCUT2D eigenvalue weighted by Crippen LogP contribution is 2.43. The minimum absolute atomic E-state index is 1.09. The van der Waals surface area contributed by atoms with Gasteiger partial charge in [-0.15, -0.1) is 0 Å². The summed E-state index contributed by atoms with van der Waals surface area (Å²) < 4.78 is 4.84. The van der Waals surface area contributed by atoms with Crippen molar-refractivity contribution in [3.8, 4) is 39.1 Å². The van der Waals surface area contributed by atoms with Gasteiger partial charge in [-0.1, -0.05) is 164 Å². The highest BCUT2D eigenvalue weighted by Gasteiger charge is 2.20. The normalized spacial score (nSPS) is 11.8. The van der Waals surface area contributed by atoms with Crippen molar-refractivity contribution in [2.24, 2.45) is 0 Å². The molecule has 0 fully saturated rings. The maximum absolute atomic E-state index is 2.46. The van der Waals surface area contributed by atoms with Gasteiger partial charge in [0.25, 0.3) is 0 Å². The lowest BCUT2D eigenvalue weighted by Gasteiger charge is -2.26. The molecule has 0 saturated carbocycles. The molecule has 294 valence electrons. The summed E-state index contributed by atoms with van der Waals surface area (Å²) in [6.07, 6.45) is 0. The van der Waals surface area contributed by atoms with E-state index in [0.29, 0.717) is 0 Å². The molecule has 0 radical (unpaired) electrons. The summed E-state index contributed by atoms with van der Waals surface area (Å²) in [4.78, 5) is 2.39. The summed E-state index contributed by atoms with van der Waals surface area (Å²) >= 11 is 0. The lowest BCUT2D eigenvalue weighted by Crippen LogP contribution is -2.10. The maximum Gasteiger partial charge on any atom is 0.0620 e. The van der Waals surface area contributed by atoms with Gasteiger partial charge in [-0.05, 0) is 106 Å². The fourth-order valence-electron chi connectivity index (χ4n) is 10.1. The Balaban J connectivity index is 0.926. The first-order valence-electron chi connectivity index (χ1n) is 21.7. The second-order valence-corrected chi connectivity index (χ2v) is 16.5. The predicted molar refractivity (Wildman–Crippen MR) is 266 cm³/mol. The number of hydrogen-bond donors (Lipinski definition) is 0. The number of benzene rings is 10. The SMILES string of the molecule is c1ccc(-c2ccc(-c3ccc(N(c4ccc(-c5ccc6c7cccc8c9ccccc9n(c6c5)c87)cc4)c4ccc5c(c4)c4ccccc4n5-c4ccccc4)cc3)cc2)cc1. The maximum atomic E-state index is 2.46. The van der Waals surface area contributed by atoms with Gasteiger partial charge >= 0.3 is 0 Å². The molecule has 0 unspecified atom stereocenters. The van der Waals surface area contributed by atoms with Gasteiger partial charge in [0.05, 0.1) is 27.6 Å². The molecule has 0 atom stereocenters. The predicted octanol–water partition coefficient (Wildman–Crippen LogP) is 16.4. The van der Waals surface area contributed by atoms with Crippen LogP contribution in [0.15, 0.2) is 237 Å². The molecular weight excluding hydrogens is 763 g/mol. The van der Waals surface area contributed by atoms with E-state index in [1.54, 1.807) is 0 Å². The van der Waals surface area contributed by atoms with E-state index in [2.05, 4.69) is 250 Å². The van der Waals surface area contributed by atoms with E-state index in [1.165, 1.54) is 93.3 Å². The lowest BCUT2D eigenvalue weighted by atomic mass is 10.00. The van der Waals surface area contributed by atoms with Crippen LogP contribution in [0.4, 0.5) is 17.1 Å². The quantitative estimate of drug-likeness (QED) is 0.156. The molecule has 13 rings (SSSR count). The van der Waals surface area contributed by atoms with Crippen LogP contribution in [0.2, 0.25) is 0 Å². The Hall–Kier alpha value is -8.40. The minimum Gasteiger partial charge on any atom is -0.310 e. The average molecular weight is 802 g/mol. The van der Waals surface area contributed by atoms with Crippen molar-refractivity contribution >= 4 is 77.0 Å². The zero-order valence-electron chi connectivity index (χ0n) is 34.4. The molecule has 0 spiro atoms. The van der Waals surface area contributed by atoms with E-state index in [9.17, 15) is 0 Å². The Morgan fingerprint density at radius 2 is 0.698 bits per heavy atom. The van der Waals surface area contributed by atoms with Crippen molar-refractivity contribution in [2.75, 3.05) is 4.90 Å². The molecule has 0 aliphatic rings. The number of aromatic nitrogens is 2. The molecule has 0 bridgehead atoms. The van der Waals surface area contributed by atoms with E-state index in [1.807, 2.05) is 0 Å². The Bertz CT molecular complexity index is 3800. The van der Waals surface area contributed by atoms with E-state index in [4.69, 9.17) is 0 Å². The number of fused-ring (bicyclic) bond motifs is 9. The molecule has 0 saturated heterocycles. The third-order valence-electron chi connectivity index (χ3n) is 13.1. The first-order valence-corrected chi connectivity index (χ1v) is 21.7. The van der Waals surface area contributed by atoms with E-state index in [-0.39, 0.29) is 0 Å². The van der Waals surface area contributed by atoms with Crippen LogP contribution in [0, 0.1) is 0 Å². The average Bonchev–Trinajstić information content (AvgIpc) is 4.00. The minimum atomic E-state index is 1.09. The Morgan fingerprint density at radius 3 is 1.35 bits per heavy atom. The molecule has 0 aliphatic heterocycles. The van der Waals surface area contributed by atoms with Gasteiger partial charge in [0.1, 0.15) is 0 Å². The van der Waals surface area contributed by atoms with E-state index < -0.39 is 0 Å². The van der Waals surface area contributed by atoms with Gasteiger partial charge in [0, 0.05) is 55.1 Å². The lowest BCUT2D eigenvalue weighted by molar-refractivity contribution is 1.18. The standard InChI is InChI=1S/C60H39N3/c1-3-12-40(13-4-1)41-22-24-42(25-23-41)43-26-31-47(32-27-43)61(49-35-37-58-55(39-49)51-17-8-9-20-56(51)62(58)46-14-5-2-6-15-46)48-33-28-44(29-34-48)45-30-36-52-54-19-11-18-53-50-16-7-10-21-57(50)63(60(53)54)59(52)38-45/h1-39H. The van der Waals surface area contributed by atoms with Gasteiger partial charge < -0.3 is 13.9 Å². The Labute approximate surface area is 364 Å². The first-order chi connectivity index (χ1) is 31.2. The molecule has 13 aromatic rings. The van der Waals surface area contributed by atoms with Crippen molar-refractivity contribution in [3.63, 3.8) is 0 Å². The highest BCUT2D eigenvalue weighted by molar-refractivity contribution is 6.23. The molecule has 0 amide bonds. The largest absolute Gasteiger partial charge is 0.310 e. The van der Waals surface area contributed by atoms with E-state index >= 15 is 0 Å². The van der Waals surface area contributed by atoms with Crippen molar-refractivity contribution in [1.82, 2.24) is 8.97 Å². The zero-order chi connectivity index (χ0) is 41.4. The van der Waals surface area contributed by atoms with Crippen LogP contribution in [-0.2, 0) is 0 Å². The third-order valence-corrected chi connectivity index (χ3v) is 13.1. The van der Waals surface area contributed by atoms with Crippen molar-refractivity contribution in [1.29, 1.82) is 0 Å². The molecule has 63 heavy (non-hydrogen) atoms. The first kappa shape index (κ1) is 35.4. The summed E-state index contributed by atoms with van der Waals surface area (Å²) in [5, 5.41) is 7.64. The zero-order valence-corrected chi connectivity index (χ0v) is 34.4. The van der Waals surface area contributed by atoms with Crippen LogP contribution >= 0.6 is 0 Å². The van der Waals surface area contributed by atoms with Crippen LogP contribution in [0.5, 0.6) is 0 Å². The second kappa shape index (κ2) is 14.1. The molecule has 3 heterocycles. The van der Waals surface area contributed by atoms with E-state index in [0.717, 1.165) is 22.7 Å². The second-order valence-electron chi connectivity index (χ2n) is 16.5. The number of para-hydroxylation sites is 4. The topological polar surface area (TPSA) is 12.6 Å². The molecule has 3 heteroatoms. The van der Waals surface area contributed by atoms with Crippen LogP contribution in [0.25, 0.3) is 99.0 Å². The van der Waals surface area contributed by atoms with Gasteiger partial charge in [-0.2, -0.15) is 0 Å². The third kappa shape index (κ3) is 5.60. The molecule has 3 nitrogen and oxygen atoms in total. The molecular formula is C60H39N3. The van der Waals surface area contributed by atoms with Gasteiger partial charge in [-0.3, -0.25) is 0 Å². The Kier molecular flexibility index (Phi) is 7.91. The van der Waals surface area contributed by atoms with Gasteiger partial charge in [0.2, 0.25) is 0 Å². The molecule has 3 aromatic heterocycles. The molecule has 0 N–H and O–H groups in total.